The van der Waals surface area contributed by atoms with Crippen molar-refractivity contribution in [2.24, 2.45) is 27.7 Å². The molecule has 31 heteroatoms. The van der Waals surface area contributed by atoms with E-state index >= 15 is 0 Å². The zero-order chi connectivity index (χ0) is 90.0. The van der Waals surface area contributed by atoms with E-state index in [1.54, 1.807) is 43.3 Å². The highest BCUT2D eigenvalue weighted by atomic mass is 16.6. The van der Waals surface area contributed by atoms with Gasteiger partial charge in [-0.2, -0.15) is 0 Å². The second kappa shape index (κ2) is 37.8. The summed E-state index contributed by atoms with van der Waals surface area (Å²) in [6.07, 6.45) is 6.03. The number of aliphatic imine (C=N–C) groups is 2. The molecular formula is C98H106N14O17. The molecular weight excluding hydrogens is 1650 g/mol. The van der Waals surface area contributed by atoms with Crippen LogP contribution in [0.25, 0.3) is 66.3 Å². The quantitative estimate of drug-likeness (QED) is 0.0324. The Morgan fingerprint density at radius 3 is 1.29 bits per heavy atom. The second-order valence-electron chi connectivity index (χ2n) is 34.4. The lowest BCUT2D eigenvalue weighted by Gasteiger charge is -2.30. The number of H-pyrrole nitrogens is 2. The number of imidazole rings is 2. The first-order valence-electron chi connectivity index (χ1n) is 43.8. The van der Waals surface area contributed by atoms with Crippen molar-refractivity contribution in [3.8, 4) is 56.3 Å². The van der Waals surface area contributed by atoms with Gasteiger partial charge < -0.3 is 93.5 Å². The Morgan fingerprint density at radius 1 is 0.457 bits per heavy atom. The van der Waals surface area contributed by atoms with Crippen molar-refractivity contribution < 1.29 is 81.0 Å². The van der Waals surface area contributed by atoms with E-state index in [-0.39, 0.29) is 65.5 Å². The molecule has 0 radical (unpaired) electrons. The largest absolute Gasteiger partial charge is 0.488 e. The third kappa shape index (κ3) is 17.6. The average Bonchev–Trinajstić information content (AvgIpc) is 1.65. The van der Waals surface area contributed by atoms with Crippen LogP contribution in [0.15, 0.2) is 168 Å². The number of alkyl carbamates (subject to hydrolysis) is 4. The van der Waals surface area contributed by atoms with Crippen molar-refractivity contribution in [1.29, 1.82) is 0 Å². The van der Waals surface area contributed by atoms with Gasteiger partial charge in [0.25, 0.3) is 0 Å². The summed E-state index contributed by atoms with van der Waals surface area (Å²) >= 11 is 0. The van der Waals surface area contributed by atoms with Crippen LogP contribution in [0.3, 0.4) is 0 Å². The standard InChI is InChI=1S/C49H53N7O9.C49H53N7O8/c1-27(62-3)43(53-48(59)63-4)46(57)56-24-28(25-61-2)18-41(56)45-50-23-39(52-45)31-13-15-33-32(19-31)26-65-42-22-34-30(20-36(33)42)14-16-37-35(34)21-38(51-37)40-12-9-17-55(40)47(58)44(54-49(60)64-5)29-10-7-6-8-11-29;1-27(2)43(53-48(59)62-4)46(57)56-24-28(25-61-3)18-41(56)45-50-23-39(52-45)31-13-15-33-32(19-31)26-64-42-22-34-30(20-36(33)42)14-16-37-35(34)21-38(51-37)40-12-9-17-55(40)47(58)44(54-49(60)63-5)29-10-7-6-8-11-29/h6-8,10-11,13-16,19-20,22-23,27-28,40-41,43-44H,9,12,17-18,21,24-26H2,1-5H3,(H,50,52)(H,53,59)(H,54,60);6-8,10-11,13-16,19-20,22-23,27-28,40-41,43-44H,9,12,17-18,21,24-26H2,1-5H3,(H,50,52)(H,53,59)(H,54,60)/t27-,28+,40+,41+,43+,44-;28-,40-,41-,43-,44+/m10/s1. The summed E-state index contributed by atoms with van der Waals surface area (Å²) in [4.78, 5) is 140. The Kier molecular flexibility index (Phi) is 25.7. The third-order valence-corrected chi connectivity index (χ3v) is 26.3. The fourth-order valence-electron chi connectivity index (χ4n) is 19.7. The maximum Gasteiger partial charge on any atom is 0.407 e. The van der Waals surface area contributed by atoms with Crippen LogP contribution in [0.4, 0.5) is 30.6 Å². The molecule has 31 nitrogen and oxygen atoms in total. The zero-order valence-corrected chi connectivity index (χ0v) is 73.8. The molecule has 10 aromatic rings. The number of rotatable bonds is 23. The first kappa shape index (κ1) is 87.5. The van der Waals surface area contributed by atoms with Crippen LogP contribution in [0.2, 0.25) is 0 Å². The minimum atomic E-state index is -0.962. The summed E-state index contributed by atoms with van der Waals surface area (Å²) in [7, 11) is 9.92. The van der Waals surface area contributed by atoms with Crippen LogP contribution in [-0.4, -0.2) is 218 Å². The number of carbonyl (C=O) groups is 8. The monoisotopic (exact) mass is 1750 g/mol. The number of methoxy groups -OCH3 is 7. The van der Waals surface area contributed by atoms with Gasteiger partial charge in [0, 0.05) is 94.7 Å². The van der Waals surface area contributed by atoms with Gasteiger partial charge in [-0.3, -0.25) is 29.2 Å². The van der Waals surface area contributed by atoms with E-state index in [1.807, 2.05) is 84.3 Å². The zero-order valence-electron chi connectivity index (χ0n) is 73.8. The van der Waals surface area contributed by atoms with Gasteiger partial charge in [0.2, 0.25) is 23.6 Å². The summed E-state index contributed by atoms with van der Waals surface area (Å²) in [5.41, 5.74) is 17.0. The van der Waals surface area contributed by atoms with E-state index in [0.29, 0.717) is 101 Å². The number of nitrogens with one attached hydrogen (secondary N) is 6. The highest BCUT2D eigenvalue weighted by Gasteiger charge is 2.46. The van der Waals surface area contributed by atoms with Gasteiger partial charge in [0.1, 0.15) is 60.5 Å². The Morgan fingerprint density at radius 2 is 0.876 bits per heavy atom. The maximum atomic E-state index is 14.2. The van der Waals surface area contributed by atoms with Crippen molar-refractivity contribution >= 4 is 92.3 Å². The van der Waals surface area contributed by atoms with E-state index in [0.717, 1.165) is 149 Å². The lowest BCUT2D eigenvalue weighted by molar-refractivity contribution is -0.138. The van der Waals surface area contributed by atoms with Crippen LogP contribution in [0.5, 0.6) is 11.5 Å². The number of aromatic amines is 2. The van der Waals surface area contributed by atoms with E-state index in [4.69, 9.17) is 62.6 Å². The Balaban J connectivity index is 0.000000181. The number of aromatic nitrogens is 4. The lowest BCUT2D eigenvalue weighted by atomic mass is 9.90. The minimum absolute atomic E-state index is 0.0663. The number of benzene rings is 8. The van der Waals surface area contributed by atoms with Crippen LogP contribution in [0, 0.1) is 17.8 Å². The van der Waals surface area contributed by atoms with Gasteiger partial charge in [-0.15, -0.1) is 0 Å². The van der Waals surface area contributed by atoms with E-state index in [9.17, 15) is 38.4 Å². The molecule has 0 spiro atoms. The summed E-state index contributed by atoms with van der Waals surface area (Å²) in [6, 6.07) is 43.4. The minimum Gasteiger partial charge on any atom is -0.488 e. The van der Waals surface area contributed by atoms with Gasteiger partial charge in [-0.05, 0) is 177 Å². The highest BCUT2D eigenvalue weighted by molar-refractivity contribution is 6.09. The highest BCUT2D eigenvalue weighted by Crippen LogP contribution is 2.49. The van der Waals surface area contributed by atoms with Crippen molar-refractivity contribution in [3.63, 3.8) is 0 Å². The average molecular weight is 1750 g/mol. The Bertz CT molecular complexity index is 6030. The number of nitrogens with zero attached hydrogens (tertiary/aromatic N) is 8. The van der Waals surface area contributed by atoms with Crippen molar-refractivity contribution in [3.05, 3.63) is 203 Å². The molecule has 18 rings (SSSR count). The second-order valence-corrected chi connectivity index (χ2v) is 34.4. The molecule has 11 atom stereocenters. The summed E-state index contributed by atoms with van der Waals surface area (Å²) < 4.78 is 48.8. The number of amides is 8. The van der Waals surface area contributed by atoms with Crippen LogP contribution in [-0.2, 0) is 78.4 Å². The first-order chi connectivity index (χ1) is 62.6. The molecule has 6 N–H and O–H groups in total. The molecule has 8 aliphatic heterocycles. The molecule has 8 amide bonds. The number of fused-ring (bicyclic) bond motifs is 12. The first-order valence-corrected chi connectivity index (χ1v) is 43.8. The fraction of sp³-hybridized carbons (Fsp3) is 0.388. The fourth-order valence-corrected chi connectivity index (χ4v) is 19.7. The van der Waals surface area contributed by atoms with Gasteiger partial charge in [-0.1, -0.05) is 111 Å². The normalized spacial score (nSPS) is 19.7. The summed E-state index contributed by atoms with van der Waals surface area (Å²) in [6.45, 7) is 9.29. The summed E-state index contributed by atoms with van der Waals surface area (Å²) in [5, 5.41) is 15.1. The van der Waals surface area contributed by atoms with Crippen molar-refractivity contribution in [2.45, 2.75) is 140 Å². The molecule has 2 aromatic heterocycles. The molecule has 0 saturated carbocycles. The van der Waals surface area contributed by atoms with Gasteiger partial charge in [0.05, 0.1) is 107 Å². The van der Waals surface area contributed by atoms with E-state index < -0.39 is 54.6 Å². The van der Waals surface area contributed by atoms with Crippen molar-refractivity contribution in [1.82, 2.24) is 60.8 Å². The Labute approximate surface area is 746 Å². The van der Waals surface area contributed by atoms with Gasteiger partial charge >= 0.3 is 24.4 Å². The molecule has 8 aromatic carbocycles. The number of hydrogen-bond acceptors (Lipinski definition) is 21. The van der Waals surface area contributed by atoms with E-state index in [1.165, 1.54) is 35.5 Å². The van der Waals surface area contributed by atoms with E-state index in [2.05, 4.69) is 116 Å². The Hall–Kier alpha value is -13.5. The number of ether oxygens (including phenoxy) is 9. The SMILES string of the molecule is COC[C@H]1C[C@@H](c2ncc(-c3ccc4c(c3)COc3cc5c6c(ccc5cc3-4)N=C([C@@H]3CCCN3C(=O)[C@H](NC(=O)OC)c3ccccc3)C6)[nH]2)N(C(=O)[C@@H](NC(=O)OC)C(C)C)C1.COC[C@H]1C[C@@H](c2ncc(-c3ccc4c(c3)COc3cc5c6c(ccc5cc3-4)N=C([C@@H]3CCCN3C(=O)[C@H](NC(=O)OC)c3ccccc3)C6)[nH]2)N(C(=O)[C@@H](NC(=O)OC)[C@@H](C)OC)C1. The lowest BCUT2D eigenvalue weighted by Crippen LogP contribution is -2.54. The van der Waals surface area contributed by atoms with Crippen LogP contribution in [0.1, 0.15) is 128 Å². The number of likely N-dealkylation sites (tertiary alicyclic amines) is 4. The molecule has 670 valence electrons. The number of carbonyl (C=O) groups excluding carboxylic acids is 8. The predicted octanol–water partition coefficient (Wildman–Crippen LogP) is 14.2. The maximum absolute atomic E-state index is 14.2. The number of hydrogen-bond donors (Lipinski definition) is 6. The third-order valence-electron chi connectivity index (χ3n) is 26.3. The molecule has 0 unspecified atom stereocenters. The predicted molar refractivity (Wildman–Crippen MR) is 482 cm³/mol. The van der Waals surface area contributed by atoms with Gasteiger partial charge in [0.15, 0.2) is 0 Å². The molecule has 0 bridgehead atoms. The molecule has 10 heterocycles. The van der Waals surface area contributed by atoms with Crippen LogP contribution >= 0.6 is 0 Å². The summed E-state index contributed by atoms with van der Waals surface area (Å²) in [5.74, 6) is 2.06. The smallest absolute Gasteiger partial charge is 0.407 e. The van der Waals surface area contributed by atoms with Gasteiger partial charge in [-0.25, -0.2) is 29.1 Å². The molecule has 4 saturated heterocycles. The molecule has 8 aliphatic rings. The molecule has 0 aliphatic carbocycles. The topological polar surface area (TPSA) is 363 Å². The molecule has 129 heavy (non-hydrogen) atoms. The molecule has 4 fully saturated rings. The van der Waals surface area contributed by atoms with Crippen molar-refractivity contribution in [2.75, 3.05) is 89.2 Å². The van der Waals surface area contributed by atoms with Crippen LogP contribution < -0.4 is 30.7 Å².